The van der Waals surface area contributed by atoms with E-state index < -0.39 is 12.1 Å². The number of benzene rings is 1. The van der Waals surface area contributed by atoms with E-state index >= 15 is 0 Å². The summed E-state index contributed by atoms with van der Waals surface area (Å²) in [6.45, 7) is 14.1. The maximum absolute atomic E-state index is 14.2. The minimum absolute atomic E-state index is 0.00558. The number of ether oxygens (including phenoxy) is 1. The molecule has 2 aliphatic heterocycles. The van der Waals surface area contributed by atoms with Crippen molar-refractivity contribution in [2.45, 2.75) is 122 Å². The van der Waals surface area contributed by atoms with Crippen LogP contribution >= 0.6 is 11.8 Å². The first-order chi connectivity index (χ1) is 23.7. The van der Waals surface area contributed by atoms with Crippen molar-refractivity contribution in [3.8, 4) is 0 Å². The van der Waals surface area contributed by atoms with Gasteiger partial charge >= 0.3 is 0 Å². The normalized spacial score (nSPS) is 19.9. The van der Waals surface area contributed by atoms with Crippen LogP contribution in [0.25, 0.3) is 0 Å². The summed E-state index contributed by atoms with van der Waals surface area (Å²) in [5, 5.41) is 3.06. The number of nitrogens with one attached hydrogen (secondary N) is 1. The number of likely N-dealkylation sites (N-methyl/N-ethyl adjacent to an activating group) is 2. The lowest BCUT2D eigenvalue weighted by Gasteiger charge is -2.41. The predicted molar refractivity (Wildman–Crippen MR) is 203 cm³/mol. The molecule has 10 nitrogen and oxygen atoms in total. The Morgan fingerprint density at radius 3 is 2.18 bits per heavy atom. The Labute approximate surface area is 306 Å². The van der Waals surface area contributed by atoms with E-state index in [0.717, 1.165) is 32.2 Å². The van der Waals surface area contributed by atoms with Gasteiger partial charge in [-0.25, -0.2) is 0 Å². The SMILES string of the molecule is CCC(C)C(C(CC(=O)N1CCCC1C(CC(=O)N1CCc2ccccc2C1)SC)OC)N(C)C(=O)C(NC(=O)C(C(C)C)N(C)C)C(C)C. The molecule has 0 radical (unpaired) electrons. The number of carbonyl (C=O) groups is 4. The highest BCUT2D eigenvalue weighted by Crippen LogP contribution is 2.32. The maximum Gasteiger partial charge on any atom is 0.245 e. The van der Waals surface area contributed by atoms with Crippen LogP contribution in [0.4, 0.5) is 0 Å². The zero-order valence-corrected chi connectivity index (χ0v) is 33.4. The molecular weight excluding hydrogens is 651 g/mol. The van der Waals surface area contributed by atoms with Gasteiger partial charge in [-0.3, -0.25) is 24.1 Å². The molecule has 2 heterocycles. The molecule has 282 valence electrons. The van der Waals surface area contributed by atoms with Crippen LogP contribution < -0.4 is 5.32 Å². The number of hydrogen-bond donors (Lipinski definition) is 1. The van der Waals surface area contributed by atoms with Crippen LogP contribution in [-0.4, -0.2) is 126 Å². The smallest absolute Gasteiger partial charge is 0.245 e. The Bertz CT molecular complexity index is 1280. The molecule has 0 saturated carbocycles. The van der Waals surface area contributed by atoms with Gasteiger partial charge in [-0.1, -0.05) is 72.2 Å². The standard InChI is InChI=1S/C39H65N5O5S/c1-12-27(6)37(42(9)39(48)35(25(2)3)40-38(47)36(26(4)5)41(7)8)31(49-10)22-34(46)44-20-15-18-30(44)32(50-11)23-33(45)43-21-19-28-16-13-14-17-29(28)24-43/h13-14,16-17,25-27,30-32,35-37H,12,15,18-24H2,1-11H3,(H,40,47). The van der Waals surface area contributed by atoms with Gasteiger partial charge in [0.25, 0.3) is 0 Å². The van der Waals surface area contributed by atoms with E-state index in [1.165, 1.54) is 11.1 Å². The molecule has 0 aliphatic carbocycles. The predicted octanol–water partition coefficient (Wildman–Crippen LogP) is 4.69. The maximum atomic E-state index is 14.2. The van der Waals surface area contributed by atoms with Gasteiger partial charge in [0.05, 0.1) is 24.6 Å². The first-order valence-corrected chi connectivity index (χ1v) is 19.9. The Morgan fingerprint density at radius 1 is 0.960 bits per heavy atom. The number of fused-ring (bicyclic) bond motifs is 1. The van der Waals surface area contributed by atoms with Crippen LogP contribution in [0, 0.1) is 17.8 Å². The third-order valence-corrected chi connectivity index (χ3v) is 12.1. The molecule has 0 spiro atoms. The number of nitrogens with zero attached hydrogens (tertiary/aromatic N) is 4. The lowest BCUT2D eigenvalue weighted by atomic mass is 9.89. The van der Waals surface area contributed by atoms with Crippen molar-refractivity contribution < 1.29 is 23.9 Å². The number of carbonyl (C=O) groups excluding carboxylic acids is 4. The summed E-state index contributed by atoms with van der Waals surface area (Å²) in [5.74, 6) is -0.252. The van der Waals surface area contributed by atoms with Gasteiger partial charge in [0.2, 0.25) is 23.6 Å². The van der Waals surface area contributed by atoms with Crippen molar-refractivity contribution in [1.82, 2.24) is 24.9 Å². The highest BCUT2D eigenvalue weighted by molar-refractivity contribution is 7.99. The van der Waals surface area contributed by atoms with Crippen molar-refractivity contribution in [1.29, 1.82) is 0 Å². The van der Waals surface area contributed by atoms with E-state index in [1.54, 1.807) is 30.8 Å². The van der Waals surface area contributed by atoms with Gasteiger partial charge in [0.1, 0.15) is 6.04 Å². The molecule has 1 N–H and O–H groups in total. The van der Waals surface area contributed by atoms with Gasteiger partial charge in [0, 0.05) is 51.5 Å². The highest BCUT2D eigenvalue weighted by atomic mass is 32.2. The first kappa shape index (κ1) is 41.8. The topological polar surface area (TPSA) is 103 Å². The summed E-state index contributed by atoms with van der Waals surface area (Å²) in [6.07, 6.45) is 5.43. The van der Waals surface area contributed by atoms with E-state index in [1.807, 2.05) is 68.8 Å². The van der Waals surface area contributed by atoms with E-state index in [-0.39, 0.29) is 71.2 Å². The van der Waals surface area contributed by atoms with Gasteiger partial charge in [0.15, 0.2) is 0 Å². The molecule has 50 heavy (non-hydrogen) atoms. The fourth-order valence-corrected chi connectivity index (χ4v) is 8.91. The van der Waals surface area contributed by atoms with E-state index in [0.29, 0.717) is 19.5 Å². The average Bonchev–Trinajstić information content (AvgIpc) is 3.58. The van der Waals surface area contributed by atoms with Crippen molar-refractivity contribution >= 4 is 35.4 Å². The van der Waals surface area contributed by atoms with Gasteiger partial charge in [-0.2, -0.15) is 11.8 Å². The summed E-state index contributed by atoms with van der Waals surface area (Å²) in [6, 6.07) is 6.83. The second-order valence-corrected chi connectivity index (χ2v) is 16.4. The molecule has 0 bridgehead atoms. The van der Waals surface area contributed by atoms with E-state index in [2.05, 4.69) is 37.4 Å². The largest absolute Gasteiger partial charge is 0.379 e. The average molecular weight is 716 g/mol. The molecule has 1 aromatic rings. The molecule has 0 aromatic heterocycles. The Kier molecular flexibility index (Phi) is 16.1. The van der Waals surface area contributed by atoms with Crippen LogP contribution in [0.1, 0.15) is 84.8 Å². The van der Waals surface area contributed by atoms with Crippen LogP contribution in [0.5, 0.6) is 0 Å². The molecule has 2 aliphatic rings. The molecule has 1 saturated heterocycles. The van der Waals surface area contributed by atoms with E-state index in [4.69, 9.17) is 4.74 Å². The lowest BCUT2D eigenvalue weighted by molar-refractivity contribution is -0.146. The molecule has 1 aromatic carbocycles. The van der Waals surface area contributed by atoms with Crippen LogP contribution in [0.3, 0.4) is 0 Å². The Morgan fingerprint density at radius 2 is 1.62 bits per heavy atom. The molecule has 11 heteroatoms. The number of likely N-dealkylation sites (tertiary alicyclic amines) is 1. The third-order valence-electron chi connectivity index (χ3n) is 11.0. The van der Waals surface area contributed by atoms with Crippen molar-refractivity contribution in [2.75, 3.05) is 47.6 Å². The highest BCUT2D eigenvalue weighted by Gasteiger charge is 2.41. The van der Waals surface area contributed by atoms with Crippen molar-refractivity contribution in [2.24, 2.45) is 17.8 Å². The molecule has 4 amide bonds. The molecule has 3 rings (SSSR count). The fraction of sp³-hybridized carbons (Fsp3) is 0.744. The molecule has 7 unspecified atom stereocenters. The minimum atomic E-state index is -0.718. The summed E-state index contributed by atoms with van der Waals surface area (Å²) in [5.41, 5.74) is 2.53. The fourth-order valence-electron chi connectivity index (χ4n) is 8.00. The van der Waals surface area contributed by atoms with Crippen LogP contribution in [-0.2, 0) is 36.9 Å². The minimum Gasteiger partial charge on any atom is -0.379 e. The number of rotatable bonds is 17. The Hall–Kier alpha value is -2.63. The van der Waals surface area contributed by atoms with Crippen LogP contribution in [0.2, 0.25) is 0 Å². The quantitative estimate of drug-likeness (QED) is 0.250. The van der Waals surface area contributed by atoms with E-state index in [9.17, 15) is 19.2 Å². The van der Waals surface area contributed by atoms with Gasteiger partial charge in [-0.15, -0.1) is 0 Å². The number of thioether (sulfide) groups is 1. The van der Waals surface area contributed by atoms with Gasteiger partial charge < -0.3 is 24.8 Å². The van der Waals surface area contributed by atoms with Gasteiger partial charge in [-0.05, 0) is 68.5 Å². The monoisotopic (exact) mass is 715 g/mol. The number of amides is 4. The number of methoxy groups -OCH3 is 1. The summed E-state index contributed by atoms with van der Waals surface area (Å²) >= 11 is 1.67. The zero-order valence-electron chi connectivity index (χ0n) is 32.6. The van der Waals surface area contributed by atoms with Crippen molar-refractivity contribution in [3.05, 3.63) is 35.4 Å². The summed E-state index contributed by atoms with van der Waals surface area (Å²) in [4.78, 5) is 62.8. The second kappa shape index (κ2) is 19.3. The molecular formula is C39H65N5O5S. The number of hydrogen-bond acceptors (Lipinski definition) is 7. The molecule has 7 atom stereocenters. The van der Waals surface area contributed by atoms with Crippen LogP contribution in [0.15, 0.2) is 24.3 Å². The third kappa shape index (κ3) is 10.2. The second-order valence-electron chi connectivity index (χ2n) is 15.3. The first-order valence-electron chi connectivity index (χ1n) is 18.6. The zero-order chi connectivity index (χ0) is 37.3. The lowest BCUT2D eigenvalue weighted by Crippen LogP contribution is -2.59. The summed E-state index contributed by atoms with van der Waals surface area (Å²) in [7, 11) is 7.13. The molecule has 1 fully saturated rings. The Balaban J connectivity index is 1.74. The van der Waals surface area contributed by atoms with Crippen molar-refractivity contribution in [3.63, 3.8) is 0 Å². The summed E-state index contributed by atoms with van der Waals surface area (Å²) < 4.78 is 6.05.